The van der Waals surface area contributed by atoms with Crippen molar-refractivity contribution in [3.05, 3.63) is 42.9 Å². The predicted octanol–water partition coefficient (Wildman–Crippen LogP) is 2.57. The predicted molar refractivity (Wildman–Crippen MR) is 94.6 cm³/mol. The minimum Gasteiger partial charge on any atom is -0.477 e. The van der Waals surface area contributed by atoms with Crippen LogP contribution in [0, 0.1) is 11.3 Å². The molecule has 0 radical (unpaired) electrons. The van der Waals surface area contributed by atoms with Gasteiger partial charge in [-0.2, -0.15) is 0 Å². The van der Waals surface area contributed by atoms with Gasteiger partial charge in [-0.3, -0.25) is 0 Å². The van der Waals surface area contributed by atoms with Crippen molar-refractivity contribution in [3.8, 4) is 5.88 Å². The zero-order valence-electron chi connectivity index (χ0n) is 14.4. The highest BCUT2D eigenvalue weighted by Crippen LogP contribution is 2.45. The first-order valence-corrected chi connectivity index (χ1v) is 8.99. The van der Waals surface area contributed by atoms with Crippen LogP contribution in [0.1, 0.15) is 19.3 Å². The van der Waals surface area contributed by atoms with E-state index in [0.29, 0.717) is 18.4 Å². The van der Waals surface area contributed by atoms with Crippen molar-refractivity contribution in [1.29, 1.82) is 0 Å². The summed E-state index contributed by atoms with van der Waals surface area (Å²) in [6, 6.07) is 7.62. The lowest BCUT2D eigenvalue weighted by Crippen LogP contribution is -2.50. The Morgan fingerprint density at radius 3 is 2.60 bits per heavy atom. The van der Waals surface area contributed by atoms with Crippen LogP contribution in [0.15, 0.2) is 42.9 Å². The Hall–Kier alpha value is -2.21. The van der Waals surface area contributed by atoms with Gasteiger partial charge in [-0.1, -0.05) is 6.07 Å². The van der Waals surface area contributed by atoms with Crippen LogP contribution >= 0.6 is 0 Å². The van der Waals surface area contributed by atoms with Gasteiger partial charge in [-0.15, -0.1) is 0 Å². The molecule has 1 spiro atoms. The van der Waals surface area contributed by atoms with Gasteiger partial charge in [0.2, 0.25) is 11.8 Å². The van der Waals surface area contributed by atoms with E-state index < -0.39 is 0 Å². The number of piperidine rings is 1. The Bertz CT molecular complexity index is 660. The molecule has 2 aliphatic heterocycles. The lowest BCUT2D eigenvalue weighted by atomic mass is 9.66. The fraction of sp³-hybridized carbons (Fsp3) is 0.526. The average molecular weight is 340 g/mol. The summed E-state index contributed by atoms with van der Waals surface area (Å²) in [6.07, 6.45) is 8.75. The molecule has 0 unspecified atom stereocenters. The molecule has 2 fully saturated rings. The number of pyridine rings is 1. The van der Waals surface area contributed by atoms with Gasteiger partial charge < -0.3 is 14.4 Å². The average Bonchev–Trinajstić information content (AvgIpc) is 2.69. The topological polar surface area (TPSA) is 60.4 Å². The van der Waals surface area contributed by atoms with Gasteiger partial charge in [0.25, 0.3) is 0 Å². The van der Waals surface area contributed by atoms with Gasteiger partial charge in [-0.25, -0.2) is 15.0 Å². The van der Waals surface area contributed by atoms with Crippen molar-refractivity contribution < 1.29 is 9.47 Å². The molecule has 0 N–H and O–H groups in total. The first kappa shape index (κ1) is 16.3. The van der Waals surface area contributed by atoms with Crippen LogP contribution < -0.4 is 9.64 Å². The van der Waals surface area contributed by atoms with Crippen LogP contribution in [-0.4, -0.2) is 47.9 Å². The molecule has 132 valence electrons. The van der Waals surface area contributed by atoms with E-state index in [2.05, 4.69) is 19.9 Å². The van der Waals surface area contributed by atoms with Gasteiger partial charge >= 0.3 is 0 Å². The summed E-state index contributed by atoms with van der Waals surface area (Å²) in [5.74, 6) is 1.94. The van der Waals surface area contributed by atoms with Crippen LogP contribution in [0.2, 0.25) is 0 Å². The second-order valence-corrected chi connectivity index (χ2v) is 6.90. The van der Waals surface area contributed by atoms with Gasteiger partial charge in [0, 0.05) is 50.3 Å². The van der Waals surface area contributed by atoms with E-state index in [1.807, 2.05) is 36.7 Å². The standard InChI is InChI=1S/C19H24N4O2/c1-2-8-20-17(4-1)25-15-16-14-24-13-7-19(16)5-11-23(12-6-19)18-21-9-3-10-22-18/h1-4,8-10,16H,5-7,11-15H2/t16-/m0/s1. The number of ether oxygens (including phenoxy) is 2. The molecule has 1 atom stereocenters. The highest BCUT2D eigenvalue weighted by atomic mass is 16.5. The highest BCUT2D eigenvalue weighted by Gasteiger charge is 2.44. The van der Waals surface area contributed by atoms with E-state index in [4.69, 9.17) is 9.47 Å². The summed E-state index contributed by atoms with van der Waals surface area (Å²) in [6.45, 7) is 4.27. The van der Waals surface area contributed by atoms with Crippen molar-refractivity contribution in [2.24, 2.45) is 11.3 Å². The third-order valence-electron chi connectivity index (χ3n) is 5.59. The molecule has 0 amide bonds. The number of hydrogen-bond acceptors (Lipinski definition) is 6. The maximum Gasteiger partial charge on any atom is 0.225 e. The van der Waals surface area contributed by atoms with Crippen molar-refractivity contribution in [2.75, 3.05) is 37.8 Å². The van der Waals surface area contributed by atoms with Crippen molar-refractivity contribution in [2.45, 2.75) is 19.3 Å². The van der Waals surface area contributed by atoms with Crippen molar-refractivity contribution >= 4 is 5.95 Å². The molecule has 2 aromatic rings. The molecule has 0 aromatic carbocycles. The molecule has 6 nitrogen and oxygen atoms in total. The van der Waals surface area contributed by atoms with Crippen LogP contribution in [0.3, 0.4) is 0 Å². The number of nitrogens with zero attached hydrogens (tertiary/aromatic N) is 4. The van der Waals surface area contributed by atoms with Crippen LogP contribution in [0.4, 0.5) is 5.95 Å². The SMILES string of the molecule is c1ccc(OC[C@@H]2COCCC23CCN(c2ncccn2)CC3)nc1. The number of hydrogen-bond donors (Lipinski definition) is 0. The minimum absolute atomic E-state index is 0.290. The summed E-state index contributed by atoms with van der Waals surface area (Å²) in [5, 5.41) is 0. The minimum atomic E-state index is 0.290. The van der Waals surface area contributed by atoms with Gasteiger partial charge in [0.15, 0.2) is 0 Å². The van der Waals surface area contributed by atoms with Gasteiger partial charge in [-0.05, 0) is 36.8 Å². The Labute approximate surface area is 148 Å². The summed E-state index contributed by atoms with van der Waals surface area (Å²) in [7, 11) is 0. The van der Waals surface area contributed by atoms with Crippen molar-refractivity contribution in [3.63, 3.8) is 0 Å². The molecule has 2 aliphatic rings. The second kappa shape index (κ2) is 7.35. The summed E-state index contributed by atoms with van der Waals surface area (Å²) in [5.41, 5.74) is 0.290. The lowest BCUT2D eigenvalue weighted by Gasteiger charge is -2.48. The largest absolute Gasteiger partial charge is 0.477 e. The smallest absolute Gasteiger partial charge is 0.225 e. The molecular weight excluding hydrogens is 316 g/mol. The first-order valence-electron chi connectivity index (χ1n) is 8.99. The number of rotatable bonds is 4. The van der Waals surface area contributed by atoms with Gasteiger partial charge in [0.1, 0.15) is 0 Å². The monoisotopic (exact) mass is 340 g/mol. The third kappa shape index (κ3) is 3.58. The molecule has 2 saturated heterocycles. The molecule has 4 rings (SSSR count). The van der Waals surface area contributed by atoms with E-state index in [9.17, 15) is 0 Å². The zero-order valence-corrected chi connectivity index (χ0v) is 14.4. The van der Waals surface area contributed by atoms with E-state index in [1.165, 1.54) is 0 Å². The summed E-state index contributed by atoms with van der Waals surface area (Å²) in [4.78, 5) is 15.3. The number of anilines is 1. The fourth-order valence-electron chi connectivity index (χ4n) is 3.99. The highest BCUT2D eigenvalue weighted by molar-refractivity contribution is 5.29. The van der Waals surface area contributed by atoms with Crippen LogP contribution in [0.5, 0.6) is 5.88 Å². The Balaban J connectivity index is 1.40. The second-order valence-electron chi connectivity index (χ2n) is 6.90. The lowest BCUT2D eigenvalue weighted by molar-refractivity contribution is -0.0701. The number of aromatic nitrogens is 3. The van der Waals surface area contributed by atoms with Crippen LogP contribution in [-0.2, 0) is 4.74 Å². The summed E-state index contributed by atoms with van der Waals surface area (Å²) >= 11 is 0. The third-order valence-corrected chi connectivity index (χ3v) is 5.59. The molecule has 6 heteroatoms. The zero-order chi connectivity index (χ0) is 17.0. The molecule has 4 heterocycles. The van der Waals surface area contributed by atoms with Crippen LogP contribution in [0.25, 0.3) is 0 Å². The maximum atomic E-state index is 5.96. The van der Waals surface area contributed by atoms with Crippen molar-refractivity contribution in [1.82, 2.24) is 15.0 Å². The van der Waals surface area contributed by atoms with E-state index >= 15 is 0 Å². The Kier molecular flexibility index (Phi) is 4.78. The Morgan fingerprint density at radius 1 is 1.04 bits per heavy atom. The molecule has 0 aliphatic carbocycles. The fourth-order valence-corrected chi connectivity index (χ4v) is 3.99. The summed E-state index contributed by atoms with van der Waals surface area (Å²) < 4.78 is 11.7. The first-order chi connectivity index (χ1) is 12.4. The van der Waals surface area contributed by atoms with E-state index in [0.717, 1.165) is 51.5 Å². The quantitative estimate of drug-likeness (QED) is 0.852. The Morgan fingerprint density at radius 2 is 1.84 bits per heavy atom. The molecule has 2 aromatic heterocycles. The molecule has 0 bridgehead atoms. The van der Waals surface area contributed by atoms with E-state index in [1.54, 1.807) is 6.20 Å². The van der Waals surface area contributed by atoms with E-state index in [-0.39, 0.29) is 5.41 Å². The maximum absolute atomic E-state index is 5.96. The molecule has 25 heavy (non-hydrogen) atoms. The van der Waals surface area contributed by atoms with Gasteiger partial charge in [0.05, 0.1) is 13.2 Å². The molecule has 0 saturated carbocycles. The molecular formula is C19H24N4O2. The normalized spacial score (nSPS) is 22.7.